The van der Waals surface area contributed by atoms with Crippen LogP contribution in [0.15, 0.2) is 0 Å². The average Bonchev–Trinajstić information content (AvgIpc) is 2.00. The molecule has 10 heteroatoms. The number of hydrogen-bond acceptors (Lipinski definition) is 6. The minimum Gasteiger partial charge on any atom is -0.547 e. The van der Waals surface area contributed by atoms with Crippen molar-refractivity contribution in [1.82, 2.24) is 0 Å². The molecule has 88 valence electrons. The van der Waals surface area contributed by atoms with Crippen molar-refractivity contribution < 1.29 is 96.8 Å². The van der Waals surface area contributed by atoms with Crippen molar-refractivity contribution in [3.05, 3.63) is 0 Å². The molecule has 0 amide bonds. The number of carboxylic acids is 3. The number of carbonyl (C=O) groups excluding carboxylic acids is 1. The van der Waals surface area contributed by atoms with E-state index >= 15 is 0 Å². The van der Waals surface area contributed by atoms with Crippen molar-refractivity contribution in [3.8, 4) is 0 Å². The molecular formula is C6H9KO9. The van der Waals surface area contributed by atoms with Crippen molar-refractivity contribution in [2.75, 3.05) is 0 Å². The van der Waals surface area contributed by atoms with Crippen LogP contribution in [0.25, 0.3) is 0 Å². The van der Waals surface area contributed by atoms with E-state index in [1.165, 1.54) is 0 Å². The molecule has 0 radical (unpaired) electrons. The van der Waals surface area contributed by atoms with Crippen LogP contribution in [0.4, 0.5) is 0 Å². The third kappa shape index (κ3) is 5.31. The monoisotopic (exact) mass is 264 g/mol. The van der Waals surface area contributed by atoms with Crippen LogP contribution in [-0.4, -0.2) is 55.5 Å². The van der Waals surface area contributed by atoms with Gasteiger partial charge in [-0.15, -0.1) is 0 Å². The maximum absolute atomic E-state index is 10.3. The topological polar surface area (TPSA) is 187 Å². The average molecular weight is 264 g/mol. The van der Waals surface area contributed by atoms with Crippen LogP contribution in [-0.2, 0) is 14.4 Å². The summed E-state index contributed by atoms with van der Waals surface area (Å²) in [5, 5.41) is 44.3. The van der Waals surface area contributed by atoms with E-state index in [1.54, 1.807) is 0 Å². The molecule has 0 saturated heterocycles. The Morgan fingerprint density at radius 2 is 1.62 bits per heavy atom. The molecule has 16 heavy (non-hydrogen) atoms. The summed E-state index contributed by atoms with van der Waals surface area (Å²) in [5.74, 6) is -6.19. The fourth-order valence-electron chi connectivity index (χ4n) is 0.715. The van der Waals surface area contributed by atoms with Gasteiger partial charge in [0.25, 0.3) is 0 Å². The second-order valence-electron chi connectivity index (χ2n) is 2.52. The van der Waals surface area contributed by atoms with E-state index in [9.17, 15) is 19.5 Å². The summed E-state index contributed by atoms with van der Waals surface area (Å²) in [4.78, 5) is 30.5. The number of carbonyl (C=O) groups is 3. The first kappa shape index (κ1) is 21.2. The van der Waals surface area contributed by atoms with E-state index in [1.807, 2.05) is 0 Å². The van der Waals surface area contributed by atoms with E-state index < -0.39 is 36.0 Å². The van der Waals surface area contributed by atoms with Gasteiger partial charge in [-0.2, -0.15) is 0 Å². The molecule has 0 aromatic heterocycles. The molecule has 2 atom stereocenters. The summed E-state index contributed by atoms with van der Waals surface area (Å²) >= 11 is 0. The van der Waals surface area contributed by atoms with Gasteiger partial charge in [0.1, 0.15) is 6.10 Å². The van der Waals surface area contributed by atoms with Crippen molar-refractivity contribution in [2.24, 2.45) is 0 Å². The smallest absolute Gasteiger partial charge is 0.547 e. The number of hydrogen-bond donors (Lipinski definition) is 4. The van der Waals surface area contributed by atoms with Crippen LogP contribution >= 0.6 is 0 Å². The molecular weight excluding hydrogens is 255 g/mol. The van der Waals surface area contributed by atoms with Gasteiger partial charge in [0.15, 0.2) is 0 Å². The molecule has 0 saturated carbocycles. The van der Waals surface area contributed by atoms with Gasteiger partial charge in [0, 0.05) is 0 Å². The SMILES string of the molecule is O.O=C(O)CC(O)(C(=O)O)C(O)C(=O)[O-].[K+]. The molecule has 9 nitrogen and oxygen atoms in total. The van der Waals surface area contributed by atoms with Crippen LogP contribution in [0.2, 0.25) is 0 Å². The molecule has 0 aliphatic heterocycles. The minimum absolute atomic E-state index is 0. The van der Waals surface area contributed by atoms with Gasteiger partial charge in [-0.25, -0.2) is 4.79 Å². The second kappa shape index (κ2) is 8.08. The second-order valence-corrected chi connectivity index (χ2v) is 2.52. The van der Waals surface area contributed by atoms with Crippen LogP contribution in [0.3, 0.4) is 0 Å². The number of carboxylic acid groups (broad SMARTS) is 3. The fraction of sp³-hybridized carbons (Fsp3) is 0.500. The fourth-order valence-corrected chi connectivity index (χ4v) is 0.715. The van der Waals surface area contributed by atoms with Crippen molar-refractivity contribution >= 4 is 17.9 Å². The molecule has 0 rings (SSSR count). The predicted molar refractivity (Wildman–Crippen MR) is 39.5 cm³/mol. The van der Waals surface area contributed by atoms with Crippen LogP contribution < -0.4 is 56.5 Å². The molecule has 2 unspecified atom stereocenters. The Kier molecular flexibility index (Phi) is 10.7. The van der Waals surface area contributed by atoms with Gasteiger partial charge in [-0.05, 0) is 0 Å². The predicted octanol–water partition coefficient (Wildman–Crippen LogP) is -7.43. The summed E-state index contributed by atoms with van der Waals surface area (Å²) in [6.07, 6.45) is -4.26. The van der Waals surface area contributed by atoms with E-state index in [-0.39, 0.29) is 56.9 Å². The quantitative estimate of drug-likeness (QED) is 0.352. The maximum atomic E-state index is 10.3. The summed E-state index contributed by atoms with van der Waals surface area (Å²) in [6, 6.07) is 0. The molecule has 0 fully saturated rings. The van der Waals surface area contributed by atoms with Gasteiger partial charge in [0.2, 0.25) is 5.60 Å². The van der Waals surface area contributed by atoms with Crippen molar-refractivity contribution in [3.63, 3.8) is 0 Å². The van der Waals surface area contributed by atoms with Gasteiger partial charge in [-0.1, -0.05) is 0 Å². The third-order valence-electron chi connectivity index (χ3n) is 1.47. The first-order chi connectivity index (χ1) is 6.21. The molecule has 0 aliphatic carbocycles. The zero-order chi connectivity index (χ0) is 11.5. The van der Waals surface area contributed by atoms with Crippen LogP contribution in [0.1, 0.15) is 6.42 Å². The van der Waals surface area contributed by atoms with Gasteiger partial charge < -0.3 is 35.8 Å². The Morgan fingerprint density at radius 1 is 1.25 bits per heavy atom. The third-order valence-corrected chi connectivity index (χ3v) is 1.47. The largest absolute Gasteiger partial charge is 1.00 e. The van der Waals surface area contributed by atoms with E-state index in [2.05, 4.69) is 0 Å². The maximum Gasteiger partial charge on any atom is 1.00 e. The van der Waals surface area contributed by atoms with Gasteiger partial charge >= 0.3 is 63.3 Å². The number of rotatable bonds is 5. The molecule has 0 spiro atoms. The summed E-state index contributed by atoms with van der Waals surface area (Å²) in [6.45, 7) is 0. The summed E-state index contributed by atoms with van der Waals surface area (Å²) < 4.78 is 0. The zero-order valence-electron chi connectivity index (χ0n) is 8.21. The van der Waals surface area contributed by atoms with E-state index in [0.717, 1.165) is 0 Å². The normalized spacial score (nSPS) is 14.6. The van der Waals surface area contributed by atoms with Gasteiger partial charge in [0.05, 0.1) is 12.4 Å². The molecule has 6 N–H and O–H groups in total. The van der Waals surface area contributed by atoms with Crippen LogP contribution in [0, 0.1) is 0 Å². The number of aliphatic hydroxyl groups excluding tert-OH is 1. The minimum atomic E-state index is -3.29. The van der Waals surface area contributed by atoms with Crippen molar-refractivity contribution in [1.29, 1.82) is 0 Å². The first-order valence-corrected chi connectivity index (χ1v) is 3.28. The molecule has 0 aromatic carbocycles. The molecule has 0 aromatic rings. The standard InChI is InChI=1S/C6H8O8.K.H2O/c7-2(8)1-6(14,5(12)13)3(9)4(10)11;;/h3,9,14H,1H2,(H,7,8)(H,10,11)(H,12,13);;1H2/q;+1;/p-1. The molecule has 0 aliphatic rings. The van der Waals surface area contributed by atoms with Crippen molar-refractivity contribution in [2.45, 2.75) is 18.1 Å². The number of aliphatic hydroxyl groups is 2. The van der Waals surface area contributed by atoms with E-state index in [0.29, 0.717) is 0 Å². The Balaban J connectivity index is -0.000000845. The van der Waals surface area contributed by atoms with E-state index in [4.69, 9.17) is 20.4 Å². The Hall–Kier alpha value is -0.0736. The van der Waals surface area contributed by atoms with Gasteiger partial charge in [-0.3, -0.25) is 4.79 Å². The molecule has 0 bridgehead atoms. The summed E-state index contributed by atoms with van der Waals surface area (Å²) in [7, 11) is 0. The first-order valence-electron chi connectivity index (χ1n) is 3.28. The molecule has 0 heterocycles. The Bertz CT molecular complexity index is 277. The zero-order valence-corrected chi connectivity index (χ0v) is 11.3. The Morgan fingerprint density at radius 3 is 1.81 bits per heavy atom. The number of aliphatic carboxylic acids is 3. The summed E-state index contributed by atoms with van der Waals surface area (Å²) in [5.41, 5.74) is -3.29. The van der Waals surface area contributed by atoms with Crippen LogP contribution in [0.5, 0.6) is 0 Å². The Labute approximate surface area is 131 Å².